The molecule has 1 heterocycles. The predicted octanol–water partition coefficient (Wildman–Crippen LogP) is 1.85. The molecule has 0 fully saturated rings. The molecule has 17 heavy (non-hydrogen) atoms. The lowest BCUT2D eigenvalue weighted by molar-refractivity contribution is -0.115. The standard InChI is InChI=1S/C10H18N4OS.ClH/c1-3-4-5-6-9-13-14-10(16-9)12-8(15)7-11-2;/h11H,3-7H2,1-2H3,(H,12,14,15);1H. The highest BCUT2D eigenvalue weighted by Crippen LogP contribution is 2.17. The quantitative estimate of drug-likeness (QED) is 0.747. The molecule has 0 saturated carbocycles. The Hall–Kier alpha value is -0.720. The summed E-state index contributed by atoms with van der Waals surface area (Å²) in [5, 5.41) is 15.0. The number of amides is 1. The Morgan fingerprint density at radius 3 is 2.76 bits per heavy atom. The largest absolute Gasteiger partial charge is 0.311 e. The van der Waals surface area contributed by atoms with Crippen LogP contribution in [0, 0.1) is 0 Å². The Kier molecular flexibility index (Phi) is 8.93. The average Bonchev–Trinajstić information content (AvgIpc) is 2.66. The van der Waals surface area contributed by atoms with E-state index in [9.17, 15) is 4.79 Å². The average molecular weight is 279 g/mol. The van der Waals surface area contributed by atoms with Gasteiger partial charge in [-0.15, -0.1) is 22.6 Å². The second-order valence-corrected chi connectivity index (χ2v) is 4.60. The fraction of sp³-hybridized carbons (Fsp3) is 0.700. The fourth-order valence-corrected chi connectivity index (χ4v) is 2.05. The van der Waals surface area contributed by atoms with Crippen molar-refractivity contribution in [2.75, 3.05) is 18.9 Å². The first-order valence-corrected chi connectivity index (χ1v) is 6.34. The first-order chi connectivity index (χ1) is 7.76. The zero-order chi connectivity index (χ0) is 11.8. The highest BCUT2D eigenvalue weighted by Gasteiger charge is 2.06. The van der Waals surface area contributed by atoms with E-state index in [1.165, 1.54) is 24.2 Å². The van der Waals surface area contributed by atoms with E-state index < -0.39 is 0 Å². The minimum Gasteiger partial charge on any atom is -0.311 e. The summed E-state index contributed by atoms with van der Waals surface area (Å²) in [6.07, 6.45) is 4.49. The number of hydrogen-bond acceptors (Lipinski definition) is 5. The molecule has 1 rings (SSSR count). The van der Waals surface area contributed by atoms with Crippen molar-refractivity contribution in [2.45, 2.75) is 32.6 Å². The summed E-state index contributed by atoms with van der Waals surface area (Å²) in [5.41, 5.74) is 0. The summed E-state index contributed by atoms with van der Waals surface area (Å²) in [5.74, 6) is -0.0845. The van der Waals surface area contributed by atoms with Gasteiger partial charge in [-0.25, -0.2) is 0 Å². The van der Waals surface area contributed by atoms with Crippen LogP contribution >= 0.6 is 23.7 Å². The molecule has 7 heteroatoms. The topological polar surface area (TPSA) is 66.9 Å². The van der Waals surface area contributed by atoms with Gasteiger partial charge in [-0.3, -0.25) is 10.1 Å². The van der Waals surface area contributed by atoms with Gasteiger partial charge in [0.15, 0.2) is 0 Å². The van der Waals surface area contributed by atoms with Gasteiger partial charge in [0.2, 0.25) is 11.0 Å². The number of nitrogens with zero attached hydrogens (tertiary/aromatic N) is 2. The monoisotopic (exact) mass is 278 g/mol. The van der Waals surface area contributed by atoms with Crippen LogP contribution in [0.2, 0.25) is 0 Å². The molecule has 1 amide bonds. The number of halogens is 1. The van der Waals surface area contributed by atoms with Crippen LogP contribution in [-0.2, 0) is 11.2 Å². The predicted molar refractivity (Wildman–Crippen MR) is 72.9 cm³/mol. The van der Waals surface area contributed by atoms with E-state index in [1.807, 2.05) is 0 Å². The lowest BCUT2D eigenvalue weighted by Crippen LogP contribution is -2.24. The number of carbonyl (C=O) groups is 1. The molecule has 2 N–H and O–H groups in total. The Labute approximate surface area is 112 Å². The molecule has 0 unspecified atom stereocenters. The summed E-state index contributed by atoms with van der Waals surface area (Å²) < 4.78 is 0. The third-order valence-electron chi connectivity index (χ3n) is 2.04. The Bertz CT molecular complexity index is 332. The van der Waals surface area contributed by atoms with Crippen molar-refractivity contribution < 1.29 is 4.79 Å². The van der Waals surface area contributed by atoms with Crippen LogP contribution in [-0.4, -0.2) is 29.7 Å². The van der Waals surface area contributed by atoms with E-state index in [0.717, 1.165) is 17.8 Å². The third kappa shape index (κ3) is 6.55. The van der Waals surface area contributed by atoms with Gasteiger partial charge >= 0.3 is 0 Å². The fourth-order valence-electron chi connectivity index (χ4n) is 1.26. The molecule has 0 aliphatic heterocycles. The van der Waals surface area contributed by atoms with Crippen molar-refractivity contribution in [1.82, 2.24) is 15.5 Å². The lowest BCUT2D eigenvalue weighted by Gasteiger charge is -1.98. The van der Waals surface area contributed by atoms with Gasteiger partial charge in [0, 0.05) is 6.42 Å². The molecule has 98 valence electrons. The van der Waals surface area contributed by atoms with E-state index >= 15 is 0 Å². The molecule has 0 spiro atoms. The SMILES string of the molecule is CCCCCc1nnc(NC(=O)CNC)s1.Cl. The number of carbonyl (C=O) groups excluding carboxylic acids is 1. The molecule has 0 radical (unpaired) electrons. The smallest absolute Gasteiger partial charge is 0.240 e. The highest BCUT2D eigenvalue weighted by atomic mass is 35.5. The number of nitrogens with one attached hydrogen (secondary N) is 2. The summed E-state index contributed by atoms with van der Waals surface area (Å²) in [7, 11) is 1.73. The van der Waals surface area contributed by atoms with E-state index in [0.29, 0.717) is 11.7 Å². The number of aryl methyl sites for hydroxylation is 1. The normalized spacial score (nSPS) is 9.76. The molecule has 0 aliphatic carbocycles. The van der Waals surface area contributed by atoms with E-state index in [-0.39, 0.29) is 18.3 Å². The molecule has 0 atom stereocenters. The molecule has 0 aromatic carbocycles. The van der Waals surface area contributed by atoms with Gasteiger partial charge in [-0.1, -0.05) is 31.1 Å². The van der Waals surface area contributed by atoms with Crippen molar-refractivity contribution >= 4 is 34.8 Å². The van der Waals surface area contributed by atoms with Crippen molar-refractivity contribution in [3.05, 3.63) is 5.01 Å². The van der Waals surface area contributed by atoms with Crippen molar-refractivity contribution in [2.24, 2.45) is 0 Å². The summed E-state index contributed by atoms with van der Waals surface area (Å²) >= 11 is 1.46. The number of aromatic nitrogens is 2. The molecule has 0 aliphatic rings. The van der Waals surface area contributed by atoms with Gasteiger partial charge in [0.05, 0.1) is 6.54 Å². The molecule has 0 saturated heterocycles. The second kappa shape index (κ2) is 9.32. The molecular formula is C10H19ClN4OS. The van der Waals surface area contributed by atoms with Gasteiger partial charge in [0.1, 0.15) is 5.01 Å². The number of unbranched alkanes of at least 4 members (excludes halogenated alkanes) is 2. The maximum absolute atomic E-state index is 11.2. The van der Waals surface area contributed by atoms with E-state index in [1.54, 1.807) is 7.05 Å². The maximum atomic E-state index is 11.2. The van der Waals surface area contributed by atoms with Crippen LogP contribution < -0.4 is 10.6 Å². The highest BCUT2D eigenvalue weighted by molar-refractivity contribution is 7.15. The van der Waals surface area contributed by atoms with Crippen LogP contribution in [0.1, 0.15) is 31.2 Å². The van der Waals surface area contributed by atoms with Crippen LogP contribution in [0.4, 0.5) is 5.13 Å². The van der Waals surface area contributed by atoms with Crippen LogP contribution in [0.25, 0.3) is 0 Å². The van der Waals surface area contributed by atoms with E-state index in [4.69, 9.17) is 0 Å². The first kappa shape index (κ1) is 16.3. The molecule has 1 aromatic heterocycles. The van der Waals surface area contributed by atoms with Crippen molar-refractivity contribution in [1.29, 1.82) is 0 Å². The van der Waals surface area contributed by atoms with Gasteiger partial charge in [-0.05, 0) is 13.5 Å². The van der Waals surface area contributed by atoms with Crippen molar-refractivity contribution in [3.8, 4) is 0 Å². The summed E-state index contributed by atoms with van der Waals surface area (Å²) in [4.78, 5) is 11.2. The number of likely N-dealkylation sites (N-methyl/N-ethyl adjacent to an activating group) is 1. The maximum Gasteiger partial charge on any atom is 0.240 e. The Morgan fingerprint density at radius 1 is 1.35 bits per heavy atom. The molecular weight excluding hydrogens is 260 g/mol. The van der Waals surface area contributed by atoms with Gasteiger partial charge < -0.3 is 5.32 Å². The lowest BCUT2D eigenvalue weighted by atomic mass is 10.2. The van der Waals surface area contributed by atoms with Gasteiger partial charge in [0.25, 0.3) is 0 Å². The van der Waals surface area contributed by atoms with Gasteiger partial charge in [-0.2, -0.15) is 0 Å². The number of rotatable bonds is 7. The summed E-state index contributed by atoms with van der Waals surface area (Å²) in [6, 6.07) is 0. The zero-order valence-electron chi connectivity index (χ0n) is 10.2. The zero-order valence-corrected chi connectivity index (χ0v) is 11.8. The molecule has 5 nitrogen and oxygen atoms in total. The molecule has 0 bridgehead atoms. The van der Waals surface area contributed by atoms with E-state index in [2.05, 4.69) is 27.8 Å². The van der Waals surface area contributed by atoms with Crippen molar-refractivity contribution in [3.63, 3.8) is 0 Å². The number of hydrogen-bond donors (Lipinski definition) is 2. The third-order valence-corrected chi connectivity index (χ3v) is 2.94. The number of anilines is 1. The second-order valence-electron chi connectivity index (χ2n) is 3.54. The van der Waals surface area contributed by atoms with Crippen LogP contribution in [0.3, 0.4) is 0 Å². The molecule has 1 aromatic rings. The van der Waals surface area contributed by atoms with Crippen LogP contribution in [0.15, 0.2) is 0 Å². The minimum absolute atomic E-state index is 0. The van der Waals surface area contributed by atoms with Crippen LogP contribution in [0.5, 0.6) is 0 Å². The Balaban J connectivity index is 0.00000256. The Morgan fingerprint density at radius 2 is 2.12 bits per heavy atom. The first-order valence-electron chi connectivity index (χ1n) is 5.53. The summed E-state index contributed by atoms with van der Waals surface area (Å²) in [6.45, 7) is 2.47. The minimum atomic E-state index is -0.0845.